The van der Waals surface area contributed by atoms with Crippen molar-refractivity contribution in [3.63, 3.8) is 0 Å². The smallest absolute Gasteiger partial charge is 0.309 e. The molecule has 2 atom stereocenters. The Morgan fingerprint density at radius 2 is 1.83 bits per heavy atom. The van der Waals surface area contributed by atoms with E-state index in [0.717, 1.165) is 31.6 Å². The van der Waals surface area contributed by atoms with E-state index < -0.39 is 5.91 Å². The SMILES string of the molecule is CC(C(=O)OCC(N)=O)C(CCN1CCCCC1)c1ccccc1. The first-order valence-electron chi connectivity index (χ1n) is 8.80. The van der Waals surface area contributed by atoms with Crippen molar-refractivity contribution in [3.8, 4) is 0 Å². The first-order valence-corrected chi connectivity index (χ1v) is 8.80. The predicted octanol–water partition coefficient (Wildman–Crippen LogP) is 2.31. The average molecular weight is 332 g/mol. The van der Waals surface area contributed by atoms with Gasteiger partial charge in [0.25, 0.3) is 5.91 Å². The maximum absolute atomic E-state index is 12.3. The largest absolute Gasteiger partial charge is 0.455 e. The number of benzene rings is 1. The van der Waals surface area contributed by atoms with Gasteiger partial charge in [0.2, 0.25) is 0 Å². The van der Waals surface area contributed by atoms with E-state index in [2.05, 4.69) is 17.0 Å². The number of esters is 1. The summed E-state index contributed by atoms with van der Waals surface area (Å²) in [5, 5.41) is 0. The van der Waals surface area contributed by atoms with Gasteiger partial charge in [-0.2, -0.15) is 0 Å². The van der Waals surface area contributed by atoms with Gasteiger partial charge >= 0.3 is 5.97 Å². The molecule has 1 aliphatic heterocycles. The Balaban J connectivity index is 2.01. The summed E-state index contributed by atoms with van der Waals surface area (Å²) < 4.78 is 5.03. The molecule has 1 aromatic rings. The maximum Gasteiger partial charge on any atom is 0.309 e. The van der Waals surface area contributed by atoms with E-state index in [1.54, 1.807) is 0 Å². The molecule has 1 aliphatic rings. The highest BCUT2D eigenvalue weighted by atomic mass is 16.5. The third-order valence-corrected chi connectivity index (χ3v) is 4.76. The lowest BCUT2D eigenvalue weighted by Gasteiger charge is -2.30. The van der Waals surface area contributed by atoms with Gasteiger partial charge < -0.3 is 15.4 Å². The van der Waals surface area contributed by atoms with Gasteiger partial charge in [0, 0.05) is 0 Å². The van der Waals surface area contributed by atoms with Gasteiger partial charge in [-0.05, 0) is 50.4 Å². The molecule has 0 saturated carbocycles. The maximum atomic E-state index is 12.3. The summed E-state index contributed by atoms with van der Waals surface area (Å²) in [6.45, 7) is 4.78. The minimum atomic E-state index is -0.625. The van der Waals surface area contributed by atoms with Gasteiger partial charge in [0.05, 0.1) is 5.92 Å². The molecule has 1 fully saturated rings. The summed E-state index contributed by atoms with van der Waals surface area (Å²) >= 11 is 0. The second-order valence-corrected chi connectivity index (χ2v) is 6.57. The van der Waals surface area contributed by atoms with Crippen molar-refractivity contribution in [2.75, 3.05) is 26.2 Å². The van der Waals surface area contributed by atoms with Crippen LogP contribution in [0.4, 0.5) is 0 Å². The molecular formula is C19H28N2O3. The molecule has 1 heterocycles. The van der Waals surface area contributed by atoms with Crippen LogP contribution >= 0.6 is 0 Å². The van der Waals surface area contributed by atoms with E-state index in [9.17, 15) is 9.59 Å². The highest BCUT2D eigenvalue weighted by Crippen LogP contribution is 2.29. The monoisotopic (exact) mass is 332 g/mol. The van der Waals surface area contributed by atoms with Crippen LogP contribution in [-0.2, 0) is 14.3 Å². The Morgan fingerprint density at radius 3 is 2.46 bits per heavy atom. The number of hydrogen-bond acceptors (Lipinski definition) is 4. The Morgan fingerprint density at radius 1 is 1.17 bits per heavy atom. The number of amides is 1. The molecule has 0 aliphatic carbocycles. The topological polar surface area (TPSA) is 72.6 Å². The molecule has 1 amide bonds. The number of rotatable bonds is 8. The van der Waals surface area contributed by atoms with Gasteiger partial charge in [-0.1, -0.05) is 43.7 Å². The average Bonchev–Trinajstić information content (AvgIpc) is 2.61. The number of primary amides is 1. The van der Waals surface area contributed by atoms with Crippen LogP contribution in [0.25, 0.3) is 0 Å². The number of nitrogens with zero attached hydrogens (tertiary/aromatic N) is 1. The number of ether oxygens (including phenoxy) is 1. The summed E-state index contributed by atoms with van der Waals surface area (Å²) in [5.41, 5.74) is 6.20. The van der Waals surface area contributed by atoms with Gasteiger partial charge in [0.1, 0.15) is 0 Å². The van der Waals surface area contributed by atoms with E-state index in [1.165, 1.54) is 19.3 Å². The van der Waals surface area contributed by atoms with Crippen molar-refractivity contribution in [2.24, 2.45) is 11.7 Å². The van der Waals surface area contributed by atoms with Crippen LogP contribution in [0.5, 0.6) is 0 Å². The van der Waals surface area contributed by atoms with Crippen molar-refractivity contribution in [1.29, 1.82) is 0 Å². The van der Waals surface area contributed by atoms with Gasteiger partial charge in [-0.3, -0.25) is 9.59 Å². The minimum absolute atomic E-state index is 0.0773. The third kappa shape index (κ3) is 5.64. The number of piperidine rings is 1. The van der Waals surface area contributed by atoms with Crippen molar-refractivity contribution < 1.29 is 14.3 Å². The second kappa shape index (κ2) is 9.42. The zero-order chi connectivity index (χ0) is 17.4. The Kier molecular flexibility index (Phi) is 7.25. The zero-order valence-electron chi connectivity index (χ0n) is 14.4. The van der Waals surface area contributed by atoms with Crippen molar-refractivity contribution in [1.82, 2.24) is 4.90 Å². The fourth-order valence-electron chi connectivity index (χ4n) is 3.35. The van der Waals surface area contributed by atoms with Crippen LogP contribution < -0.4 is 5.73 Å². The van der Waals surface area contributed by atoms with Crippen molar-refractivity contribution >= 4 is 11.9 Å². The van der Waals surface area contributed by atoms with Crippen LogP contribution in [0.15, 0.2) is 30.3 Å². The van der Waals surface area contributed by atoms with E-state index in [4.69, 9.17) is 10.5 Å². The van der Waals surface area contributed by atoms with E-state index in [-0.39, 0.29) is 24.4 Å². The van der Waals surface area contributed by atoms with E-state index >= 15 is 0 Å². The summed E-state index contributed by atoms with van der Waals surface area (Å²) in [6, 6.07) is 10.1. The molecule has 2 rings (SSSR count). The van der Waals surface area contributed by atoms with Crippen molar-refractivity contribution in [3.05, 3.63) is 35.9 Å². The lowest BCUT2D eigenvalue weighted by atomic mass is 9.84. The number of carbonyl (C=O) groups is 2. The Hall–Kier alpha value is -1.88. The summed E-state index contributed by atoms with van der Waals surface area (Å²) in [6.07, 6.45) is 4.73. The molecule has 2 unspecified atom stereocenters. The molecular weight excluding hydrogens is 304 g/mol. The molecule has 0 radical (unpaired) electrons. The normalized spacial score (nSPS) is 17.9. The Labute approximate surface area is 144 Å². The summed E-state index contributed by atoms with van der Waals surface area (Å²) in [7, 11) is 0. The molecule has 1 saturated heterocycles. The standard InChI is InChI=1S/C19H28N2O3/c1-15(19(23)24-14-18(20)22)17(16-8-4-2-5-9-16)10-13-21-11-6-3-7-12-21/h2,4-5,8-9,15,17H,3,6-7,10-14H2,1H3,(H2,20,22). The molecule has 2 N–H and O–H groups in total. The van der Waals surface area contributed by atoms with Gasteiger partial charge in [0.15, 0.2) is 6.61 Å². The minimum Gasteiger partial charge on any atom is -0.455 e. The fraction of sp³-hybridized carbons (Fsp3) is 0.579. The van der Waals surface area contributed by atoms with Crippen LogP contribution in [0.3, 0.4) is 0 Å². The molecule has 24 heavy (non-hydrogen) atoms. The highest BCUT2D eigenvalue weighted by molar-refractivity contribution is 5.80. The fourth-order valence-corrected chi connectivity index (χ4v) is 3.35. The molecule has 5 heteroatoms. The second-order valence-electron chi connectivity index (χ2n) is 6.57. The summed E-state index contributed by atoms with van der Waals surface area (Å²) in [4.78, 5) is 25.6. The number of carbonyl (C=O) groups excluding carboxylic acids is 2. The highest BCUT2D eigenvalue weighted by Gasteiger charge is 2.27. The molecule has 0 spiro atoms. The molecule has 1 aromatic carbocycles. The molecule has 0 aromatic heterocycles. The summed E-state index contributed by atoms with van der Waals surface area (Å²) in [5.74, 6) is -1.22. The predicted molar refractivity (Wildman–Crippen MR) is 93.4 cm³/mol. The lowest BCUT2D eigenvalue weighted by Crippen LogP contribution is -2.33. The number of hydrogen-bond donors (Lipinski definition) is 1. The first-order chi connectivity index (χ1) is 11.6. The van der Waals surface area contributed by atoms with Crippen LogP contribution in [-0.4, -0.2) is 43.0 Å². The molecule has 132 valence electrons. The lowest BCUT2D eigenvalue weighted by molar-refractivity contribution is -0.152. The van der Waals surface area contributed by atoms with Crippen LogP contribution in [0.2, 0.25) is 0 Å². The van der Waals surface area contributed by atoms with Crippen molar-refractivity contribution in [2.45, 2.75) is 38.5 Å². The third-order valence-electron chi connectivity index (χ3n) is 4.76. The van der Waals surface area contributed by atoms with Crippen LogP contribution in [0.1, 0.15) is 44.1 Å². The van der Waals surface area contributed by atoms with E-state index in [1.807, 2.05) is 25.1 Å². The van der Waals surface area contributed by atoms with E-state index in [0.29, 0.717) is 0 Å². The molecule has 0 bridgehead atoms. The quantitative estimate of drug-likeness (QED) is 0.742. The molecule has 5 nitrogen and oxygen atoms in total. The van der Waals surface area contributed by atoms with Crippen LogP contribution in [0, 0.1) is 5.92 Å². The van der Waals surface area contributed by atoms with Gasteiger partial charge in [-0.15, -0.1) is 0 Å². The number of nitrogens with two attached hydrogens (primary N) is 1. The zero-order valence-corrected chi connectivity index (χ0v) is 14.4. The first kappa shape index (κ1) is 18.5. The number of likely N-dealkylation sites (tertiary alicyclic amines) is 1. The Bertz CT molecular complexity index is 527. The van der Waals surface area contributed by atoms with Gasteiger partial charge in [-0.25, -0.2) is 0 Å².